The van der Waals surface area contributed by atoms with E-state index in [9.17, 15) is 0 Å². The number of aromatic nitrogens is 4. The predicted molar refractivity (Wildman–Crippen MR) is 121 cm³/mol. The van der Waals surface area contributed by atoms with E-state index < -0.39 is 0 Å². The smallest absolute Gasteiger partial charge is 0.140 e. The lowest BCUT2D eigenvalue weighted by atomic mass is 10.1. The van der Waals surface area contributed by atoms with E-state index in [1.165, 1.54) is 0 Å². The molecule has 30 heavy (non-hydrogen) atoms. The molecule has 0 aliphatic rings. The van der Waals surface area contributed by atoms with E-state index in [4.69, 9.17) is 14.5 Å². The fourth-order valence-electron chi connectivity index (χ4n) is 3.89. The summed E-state index contributed by atoms with van der Waals surface area (Å²) in [5.74, 6) is 0.838. The highest BCUT2D eigenvalue weighted by molar-refractivity contribution is 7.13. The molecule has 0 fully saturated rings. The van der Waals surface area contributed by atoms with Crippen molar-refractivity contribution in [2.24, 2.45) is 7.05 Å². The first kappa shape index (κ1) is 18.8. The van der Waals surface area contributed by atoms with Crippen LogP contribution >= 0.6 is 11.3 Å². The molecule has 0 radical (unpaired) electrons. The van der Waals surface area contributed by atoms with E-state index in [2.05, 4.69) is 45.5 Å². The van der Waals surface area contributed by atoms with Crippen LogP contribution in [0.2, 0.25) is 0 Å². The zero-order chi connectivity index (χ0) is 20.7. The number of hydrogen-bond donors (Lipinski definition) is 0. The SMILES string of the molecule is COCCn1cc(-c2nc(-c3cn(C)c4ncccc34)cs2)c2cc(OC)ccc21. The van der Waals surface area contributed by atoms with Gasteiger partial charge in [0.25, 0.3) is 0 Å². The third kappa shape index (κ3) is 3.07. The lowest BCUT2D eigenvalue weighted by molar-refractivity contribution is 0.188. The maximum atomic E-state index is 5.47. The first-order chi connectivity index (χ1) is 14.7. The number of methoxy groups -OCH3 is 2. The first-order valence-corrected chi connectivity index (χ1v) is 10.6. The van der Waals surface area contributed by atoms with Crippen LogP contribution in [0.1, 0.15) is 0 Å². The van der Waals surface area contributed by atoms with Gasteiger partial charge in [0.05, 0.1) is 19.4 Å². The topological polar surface area (TPSA) is 54.1 Å². The van der Waals surface area contributed by atoms with E-state index in [-0.39, 0.29) is 0 Å². The molecule has 0 N–H and O–H groups in total. The molecule has 0 bridgehead atoms. The Labute approximate surface area is 178 Å². The van der Waals surface area contributed by atoms with E-state index in [1.54, 1.807) is 25.6 Å². The Balaban J connectivity index is 1.63. The standard InChI is InChI=1S/C23H22N4O2S/c1-26-12-18(16-5-4-8-24-22(16)26)20-14-30-23(25-20)19-13-27(9-10-28-2)21-7-6-15(29-3)11-17(19)21/h4-8,11-14H,9-10H2,1-3H3. The molecule has 4 heterocycles. The fourth-order valence-corrected chi connectivity index (χ4v) is 4.73. The second-order valence-electron chi connectivity index (χ2n) is 7.18. The van der Waals surface area contributed by atoms with Crippen molar-refractivity contribution in [3.8, 4) is 27.6 Å². The van der Waals surface area contributed by atoms with Crippen LogP contribution in [0.4, 0.5) is 0 Å². The average Bonchev–Trinajstić information content (AvgIpc) is 3.48. The third-order valence-electron chi connectivity index (χ3n) is 5.37. The number of fused-ring (bicyclic) bond motifs is 2. The number of hydrogen-bond acceptors (Lipinski definition) is 5. The van der Waals surface area contributed by atoms with Crippen LogP contribution in [0.25, 0.3) is 43.8 Å². The summed E-state index contributed by atoms with van der Waals surface area (Å²) in [5.41, 5.74) is 5.28. The molecule has 152 valence electrons. The Bertz CT molecular complexity index is 1350. The van der Waals surface area contributed by atoms with Crippen LogP contribution in [0, 0.1) is 0 Å². The molecule has 0 aliphatic heterocycles. The summed E-state index contributed by atoms with van der Waals surface area (Å²) in [5, 5.41) is 5.35. The van der Waals surface area contributed by atoms with Crippen LogP contribution in [-0.4, -0.2) is 39.9 Å². The molecular weight excluding hydrogens is 396 g/mol. The highest BCUT2D eigenvalue weighted by Gasteiger charge is 2.17. The monoisotopic (exact) mass is 418 g/mol. The summed E-state index contributed by atoms with van der Waals surface area (Å²) < 4.78 is 15.0. The minimum absolute atomic E-state index is 0.654. The number of aryl methyl sites for hydroxylation is 1. The highest BCUT2D eigenvalue weighted by Crippen LogP contribution is 2.38. The maximum Gasteiger partial charge on any atom is 0.140 e. The van der Waals surface area contributed by atoms with Crippen molar-refractivity contribution in [1.29, 1.82) is 0 Å². The largest absolute Gasteiger partial charge is 0.497 e. The molecule has 0 unspecified atom stereocenters. The van der Waals surface area contributed by atoms with Crippen molar-refractivity contribution in [1.82, 2.24) is 19.1 Å². The Morgan fingerprint density at radius 3 is 2.80 bits per heavy atom. The number of thiazole rings is 1. The maximum absolute atomic E-state index is 5.47. The van der Waals surface area contributed by atoms with Gasteiger partial charge >= 0.3 is 0 Å². The zero-order valence-electron chi connectivity index (χ0n) is 17.1. The molecule has 0 aliphatic carbocycles. The Morgan fingerprint density at radius 1 is 1.07 bits per heavy atom. The van der Waals surface area contributed by atoms with Gasteiger partial charge in [-0.3, -0.25) is 0 Å². The molecule has 5 aromatic rings. The van der Waals surface area contributed by atoms with Gasteiger partial charge in [-0.1, -0.05) is 0 Å². The van der Waals surface area contributed by atoms with Gasteiger partial charge < -0.3 is 18.6 Å². The average molecular weight is 419 g/mol. The Kier molecular flexibility index (Phi) is 4.77. The normalized spacial score (nSPS) is 11.6. The molecular formula is C23H22N4O2S. The van der Waals surface area contributed by atoms with Gasteiger partial charge in [-0.05, 0) is 30.3 Å². The number of nitrogens with zero attached hydrogens (tertiary/aromatic N) is 4. The number of rotatable bonds is 6. The van der Waals surface area contributed by atoms with E-state index in [0.717, 1.165) is 56.1 Å². The zero-order valence-corrected chi connectivity index (χ0v) is 17.9. The van der Waals surface area contributed by atoms with Gasteiger partial charge in [-0.25, -0.2) is 9.97 Å². The lowest BCUT2D eigenvalue weighted by Gasteiger charge is -2.05. The van der Waals surface area contributed by atoms with Crippen LogP contribution in [0.5, 0.6) is 5.75 Å². The number of pyridine rings is 1. The summed E-state index contributed by atoms with van der Waals surface area (Å²) in [6.45, 7) is 1.44. The van der Waals surface area contributed by atoms with E-state index >= 15 is 0 Å². The van der Waals surface area contributed by atoms with Gasteiger partial charge in [0.2, 0.25) is 0 Å². The molecule has 0 amide bonds. The molecule has 0 saturated heterocycles. The van der Waals surface area contributed by atoms with Gasteiger partial charge in [0.1, 0.15) is 16.4 Å². The van der Waals surface area contributed by atoms with E-state index in [1.807, 2.05) is 29.9 Å². The van der Waals surface area contributed by atoms with Gasteiger partial charge in [0.15, 0.2) is 0 Å². The molecule has 6 nitrogen and oxygen atoms in total. The van der Waals surface area contributed by atoms with Crippen LogP contribution in [0.15, 0.2) is 54.3 Å². The molecule has 0 spiro atoms. The Morgan fingerprint density at radius 2 is 1.97 bits per heavy atom. The van der Waals surface area contributed by atoms with Gasteiger partial charge in [0, 0.05) is 72.1 Å². The molecule has 0 atom stereocenters. The molecule has 4 aromatic heterocycles. The first-order valence-electron chi connectivity index (χ1n) is 9.71. The number of benzene rings is 1. The highest BCUT2D eigenvalue weighted by atomic mass is 32.1. The third-order valence-corrected chi connectivity index (χ3v) is 6.24. The second kappa shape index (κ2) is 7.59. The Hall–Kier alpha value is -3.16. The molecule has 5 rings (SSSR count). The minimum atomic E-state index is 0.654. The number of ether oxygens (including phenoxy) is 2. The summed E-state index contributed by atoms with van der Waals surface area (Å²) in [4.78, 5) is 9.50. The lowest BCUT2D eigenvalue weighted by Crippen LogP contribution is -2.02. The van der Waals surface area contributed by atoms with Gasteiger partial charge in [-0.2, -0.15) is 0 Å². The molecule has 1 aromatic carbocycles. The second-order valence-corrected chi connectivity index (χ2v) is 8.04. The van der Waals surface area contributed by atoms with Crippen molar-refractivity contribution >= 4 is 33.3 Å². The fraction of sp³-hybridized carbons (Fsp3) is 0.217. The predicted octanol–water partition coefficient (Wildman–Crippen LogP) is 4.97. The van der Waals surface area contributed by atoms with Crippen molar-refractivity contribution in [3.05, 3.63) is 54.3 Å². The molecule has 7 heteroatoms. The summed E-state index contributed by atoms with van der Waals surface area (Å²) >= 11 is 1.65. The quantitative estimate of drug-likeness (QED) is 0.391. The van der Waals surface area contributed by atoms with Crippen molar-refractivity contribution in [2.75, 3.05) is 20.8 Å². The van der Waals surface area contributed by atoms with Gasteiger partial charge in [-0.15, -0.1) is 11.3 Å². The van der Waals surface area contributed by atoms with Crippen LogP contribution in [-0.2, 0) is 18.3 Å². The van der Waals surface area contributed by atoms with Crippen LogP contribution in [0.3, 0.4) is 0 Å². The summed E-state index contributed by atoms with van der Waals surface area (Å²) in [6, 6.07) is 10.2. The minimum Gasteiger partial charge on any atom is -0.497 e. The van der Waals surface area contributed by atoms with E-state index in [0.29, 0.717) is 6.61 Å². The molecule has 0 saturated carbocycles. The van der Waals surface area contributed by atoms with Crippen LogP contribution < -0.4 is 4.74 Å². The summed E-state index contributed by atoms with van der Waals surface area (Å²) in [7, 11) is 5.43. The summed E-state index contributed by atoms with van der Waals surface area (Å²) in [6.07, 6.45) is 6.08. The van der Waals surface area contributed by atoms with Crippen molar-refractivity contribution in [2.45, 2.75) is 6.54 Å². The van der Waals surface area contributed by atoms with Crippen molar-refractivity contribution in [3.63, 3.8) is 0 Å². The van der Waals surface area contributed by atoms with Crippen molar-refractivity contribution < 1.29 is 9.47 Å².